The molecular weight excluding hydrogens is 707 g/mol. The van der Waals surface area contributed by atoms with E-state index in [1.807, 2.05) is 78.9 Å². The highest BCUT2D eigenvalue weighted by Crippen LogP contribution is 2.50. The number of nitriles is 1. The van der Waals surface area contributed by atoms with Crippen molar-refractivity contribution in [3.63, 3.8) is 0 Å². The van der Waals surface area contributed by atoms with Crippen LogP contribution in [0.25, 0.3) is 0 Å². The molecule has 3 aromatic carbocycles. The van der Waals surface area contributed by atoms with E-state index in [2.05, 4.69) is 38.4 Å². The van der Waals surface area contributed by atoms with Gasteiger partial charge in [-0.2, -0.15) is 5.26 Å². The van der Waals surface area contributed by atoms with Crippen molar-refractivity contribution in [2.45, 2.75) is 83.6 Å². The minimum absolute atomic E-state index is 0.0400. The first-order chi connectivity index (χ1) is 25.9. The molecule has 0 saturated carbocycles. The number of nitrogens with zero attached hydrogens (tertiary/aromatic N) is 4. The van der Waals surface area contributed by atoms with Gasteiger partial charge in [-0.25, -0.2) is 9.46 Å². The van der Waals surface area contributed by atoms with Gasteiger partial charge in [0.05, 0.1) is 46.0 Å². The lowest BCUT2D eigenvalue weighted by Crippen LogP contribution is -2.40. The van der Waals surface area contributed by atoms with Crippen LogP contribution in [0.3, 0.4) is 0 Å². The fourth-order valence-corrected chi connectivity index (χ4v) is 8.63. The van der Waals surface area contributed by atoms with Crippen LogP contribution < -0.4 is 20.7 Å². The van der Waals surface area contributed by atoms with Crippen LogP contribution in [0.2, 0.25) is 0 Å². The van der Waals surface area contributed by atoms with Gasteiger partial charge in [-0.1, -0.05) is 54.6 Å². The van der Waals surface area contributed by atoms with Crippen LogP contribution in [0.5, 0.6) is 11.5 Å². The van der Waals surface area contributed by atoms with Crippen molar-refractivity contribution < 1.29 is 28.0 Å². The van der Waals surface area contributed by atoms with Gasteiger partial charge < -0.3 is 28.0 Å². The van der Waals surface area contributed by atoms with Crippen molar-refractivity contribution in [3.05, 3.63) is 128 Å². The van der Waals surface area contributed by atoms with Crippen molar-refractivity contribution in [2.24, 2.45) is 7.05 Å². The Hall–Kier alpha value is -4.34. The van der Waals surface area contributed by atoms with Gasteiger partial charge in [0.2, 0.25) is 0 Å². The summed E-state index contributed by atoms with van der Waals surface area (Å²) in [6.45, 7) is 10.2. The largest absolute Gasteiger partial charge is 0.497 e. The van der Waals surface area contributed by atoms with Crippen LogP contribution in [0.15, 0.2) is 94.6 Å². The normalized spacial score (nSPS) is 17.9. The third kappa shape index (κ3) is 8.79. The molecule has 0 bridgehead atoms. The van der Waals surface area contributed by atoms with Gasteiger partial charge in [0.25, 0.3) is 14.1 Å². The van der Waals surface area contributed by atoms with Crippen LogP contribution >= 0.6 is 8.53 Å². The van der Waals surface area contributed by atoms with Gasteiger partial charge in [0.15, 0.2) is 0 Å². The van der Waals surface area contributed by atoms with Gasteiger partial charge in [-0.05, 0) is 75.6 Å². The van der Waals surface area contributed by atoms with E-state index in [0.717, 1.165) is 21.3 Å². The molecule has 5 rings (SSSR count). The summed E-state index contributed by atoms with van der Waals surface area (Å²) in [5, 5.41) is 9.32. The lowest BCUT2D eigenvalue weighted by molar-refractivity contribution is -0.0927. The molecule has 0 aliphatic carbocycles. The number of ether oxygens (including phenoxy) is 4. The Morgan fingerprint density at radius 1 is 0.907 bits per heavy atom. The molecule has 4 atom stereocenters. The molecule has 1 fully saturated rings. The second-order valence-corrected chi connectivity index (χ2v) is 15.1. The van der Waals surface area contributed by atoms with Crippen molar-refractivity contribution >= 4 is 8.53 Å². The van der Waals surface area contributed by atoms with Crippen LogP contribution in [0.4, 0.5) is 0 Å². The summed E-state index contributed by atoms with van der Waals surface area (Å²) in [7, 11) is 3.05. The zero-order valence-corrected chi connectivity index (χ0v) is 33.2. The maximum absolute atomic E-state index is 13.5. The SMILES string of the molecule is COc1ccc(C(OC[C@H]2O[C@@H](n3cc(C)c(=O)n(C)c3=O)C[C@@H]2OP(OCCC#N)N(C(C)C)C(C)C)(c2ccccc2)c2ccc(OC)cc2)cc1. The average Bonchev–Trinajstić information content (AvgIpc) is 3.58. The summed E-state index contributed by atoms with van der Waals surface area (Å²) >= 11 is 0. The lowest BCUT2D eigenvalue weighted by atomic mass is 9.80. The fraction of sp³-hybridized carbons (Fsp3) is 0.439. The number of methoxy groups -OCH3 is 2. The second-order valence-electron chi connectivity index (χ2n) is 13.7. The molecule has 54 heavy (non-hydrogen) atoms. The Labute approximate surface area is 318 Å². The Balaban J connectivity index is 1.62. The van der Waals surface area contributed by atoms with Gasteiger partial charge in [0, 0.05) is 37.3 Å². The van der Waals surface area contributed by atoms with Gasteiger partial charge in [-0.15, -0.1) is 0 Å². The molecule has 0 radical (unpaired) electrons. The summed E-state index contributed by atoms with van der Waals surface area (Å²) in [6.07, 6.45) is -0.0351. The number of aryl methyl sites for hydroxylation is 1. The lowest BCUT2D eigenvalue weighted by Gasteiger charge is -2.39. The molecule has 0 spiro atoms. The number of hydrogen-bond donors (Lipinski definition) is 0. The molecule has 1 aliphatic rings. The van der Waals surface area contributed by atoms with Crippen molar-refractivity contribution in [1.29, 1.82) is 5.26 Å². The molecular formula is C41H51N4O8P. The molecule has 13 heteroatoms. The topological polar surface area (TPSA) is 126 Å². The second kappa shape index (κ2) is 18.3. The van der Waals surface area contributed by atoms with E-state index in [1.54, 1.807) is 27.3 Å². The third-order valence-electron chi connectivity index (χ3n) is 9.50. The Kier molecular flexibility index (Phi) is 13.9. The van der Waals surface area contributed by atoms with Gasteiger partial charge in [0.1, 0.15) is 29.4 Å². The number of rotatable bonds is 17. The molecule has 288 valence electrons. The zero-order chi connectivity index (χ0) is 39.0. The van der Waals surface area contributed by atoms with Crippen LogP contribution in [-0.2, 0) is 31.2 Å². The Morgan fingerprint density at radius 2 is 1.46 bits per heavy atom. The summed E-state index contributed by atoms with van der Waals surface area (Å²) in [6, 6.07) is 27.8. The van der Waals surface area contributed by atoms with Crippen LogP contribution in [0.1, 0.15) is 69.0 Å². The third-order valence-corrected chi connectivity index (χ3v) is 11.7. The smallest absolute Gasteiger partial charge is 0.332 e. The number of hydrogen-bond acceptors (Lipinski definition) is 10. The minimum atomic E-state index is -1.67. The fourth-order valence-electron chi connectivity index (χ4n) is 6.87. The molecule has 1 unspecified atom stereocenters. The number of aromatic nitrogens is 2. The summed E-state index contributed by atoms with van der Waals surface area (Å²) in [5.41, 5.74) is 0.996. The molecule has 0 amide bonds. The molecule has 1 saturated heterocycles. The quantitative estimate of drug-likeness (QED) is 0.0643. The van der Waals surface area contributed by atoms with E-state index < -0.39 is 38.3 Å². The summed E-state index contributed by atoms with van der Waals surface area (Å²) < 4.78 is 42.9. The average molecular weight is 759 g/mol. The molecule has 12 nitrogen and oxygen atoms in total. The summed E-state index contributed by atoms with van der Waals surface area (Å²) in [4.78, 5) is 26.2. The molecule has 1 aliphatic heterocycles. The van der Waals surface area contributed by atoms with Gasteiger partial charge in [-0.3, -0.25) is 13.9 Å². The van der Waals surface area contributed by atoms with E-state index in [0.29, 0.717) is 17.1 Å². The highest BCUT2D eigenvalue weighted by Gasteiger charge is 2.45. The van der Waals surface area contributed by atoms with E-state index in [1.165, 1.54) is 11.6 Å². The maximum atomic E-state index is 13.5. The number of benzene rings is 3. The molecule has 0 N–H and O–H groups in total. The molecule has 4 aromatic rings. The van der Waals surface area contributed by atoms with Crippen molar-refractivity contribution in [2.75, 3.05) is 27.4 Å². The molecule has 2 heterocycles. The predicted octanol–water partition coefficient (Wildman–Crippen LogP) is 6.83. The van der Waals surface area contributed by atoms with Crippen LogP contribution in [0, 0.1) is 18.3 Å². The van der Waals surface area contributed by atoms with E-state index in [9.17, 15) is 14.9 Å². The van der Waals surface area contributed by atoms with E-state index in [4.69, 9.17) is 28.0 Å². The first-order valence-corrected chi connectivity index (χ1v) is 19.3. The minimum Gasteiger partial charge on any atom is -0.497 e. The van der Waals surface area contributed by atoms with Crippen molar-refractivity contribution in [1.82, 2.24) is 13.8 Å². The van der Waals surface area contributed by atoms with E-state index in [-0.39, 0.29) is 43.7 Å². The maximum Gasteiger partial charge on any atom is 0.332 e. The highest BCUT2D eigenvalue weighted by atomic mass is 31.2. The first-order valence-electron chi connectivity index (χ1n) is 18.1. The van der Waals surface area contributed by atoms with Crippen molar-refractivity contribution in [3.8, 4) is 17.6 Å². The molecule has 1 aromatic heterocycles. The Bertz CT molecular complexity index is 1920. The zero-order valence-electron chi connectivity index (χ0n) is 32.3. The standard InChI is InChI=1S/C41H51N4O8P/c1-28(2)45(29(3)4)54(51-24-12-23-42)53-36-25-38(44-26-30(5)39(46)43(6)40(44)47)52-37(36)27-50-41(31-13-10-9-11-14-31,32-15-19-34(48-7)20-16-32)33-17-21-35(49-8)22-18-33/h9-11,13-22,26,28-29,36-38H,12,24-25,27H2,1-8H3/t36-,37+,38+,54?/m0/s1. The van der Waals surface area contributed by atoms with Crippen LogP contribution in [-0.4, -0.2) is 65.5 Å². The Morgan fingerprint density at radius 3 is 1.98 bits per heavy atom. The van der Waals surface area contributed by atoms with Gasteiger partial charge >= 0.3 is 5.69 Å². The first kappa shape index (κ1) is 40.8. The highest BCUT2D eigenvalue weighted by molar-refractivity contribution is 7.44. The van der Waals surface area contributed by atoms with E-state index >= 15 is 0 Å². The predicted molar refractivity (Wildman–Crippen MR) is 208 cm³/mol. The monoisotopic (exact) mass is 758 g/mol. The summed E-state index contributed by atoms with van der Waals surface area (Å²) in [5.74, 6) is 1.40.